The first-order valence-electron chi connectivity index (χ1n) is 5.65. The summed E-state index contributed by atoms with van der Waals surface area (Å²) < 4.78 is 9.68. The van der Waals surface area contributed by atoms with Gasteiger partial charge in [-0.2, -0.15) is 4.98 Å². The maximum atomic E-state index is 11.0. The highest BCUT2D eigenvalue weighted by Crippen LogP contribution is 2.19. The van der Waals surface area contributed by atoms with Gasteiger partial charge in [-0.1, -0.05) is 19.0 Å². The van der Waals surface area contributed by atoms with Gasteiger partial charge in [0.15, 0.2) is 5.82 Å². The Morgan fingerprint density at radius 2 is 2.35 bits per heavy atom. The van der Waals surface area contributed by atoms with Gasteiger partial charge < -0.3 is 9.26 Å². The number of esters is 1. The molecule has 0 amide bonds. The monoisotopic (exact) mass is 258 g/mol. The quantitative estimate of drug-likeness (QED) is 0.699. The highest BCUT2D eigenvalue weighted by Gasteiger charge is 2.12. The summed E-state index contributed by atoms with van der Waals surface area (Å²) in [7, 11) is 1.40. The van der Waals surface area contributed by atoms with Gasteiger partial charge in [0, 0.05) is 11.7 Å². The van der Waals surface area contributed by atoms with E-state index in [2.05, 4.69) is 21.8 Å². The van der Waals surface area contributed by atoms with Gasteiger partial charge in [0.05, 0.1) is 19.3 Å². The van der Waals surface area contributed by atoms with E-state index in [0.717, 1.165) is 12.8 Å². The molecule has 0 saturated heterocycles. The van der Waals surface area contributed by atoms with Crippen molar-refractivity contribution in [3.05, 3.63) is 11.7 Å². The van der Waals surface area contributed by atoms with Crippen LogP contribution >= 0.6 is 11.8 Å². The van der Waals surface area contributed by atoms with Crippen LogP contribution in [0.4, 0.5) is 0 Å². The Labute approximate surface area is 105 Å². The van der Waals surface area contributed by atoms with E-state index in [-0.39, 0.29) is 11.2 Å². The largest absolute Gasteiger partial charge is 0.469 e. The molecule has 0 spiro atoms. The van der Waals surface area contributed by atoms with E-state index < -0.39 is 0 Å². The summed E-state index contributed by atoms with van der Waals surface area (Å²) in [6.45, 7) is 4.05. The predicted molar refractivity (Wildman–Crippen MR) is 65.7 cm³/mol. The molecule has 0 saturated carbocycles. The second-order valence-electron chi connectivity index (χ2n) is 3.76. The van der Waals surface area contributed by atoms with Gasteiger partial charge in [-0.05, 0) is 6.42 Å². The number of carbonyl (C=O) groups excluding carboxylic acids is 1. The fourth-order valence-electron chi connectivity index (χ4n) is 1.26. The molecule has 5 nitrogen and oxygen atoms in total. The molecule has 0 aliphatic carbocycles. The normalized spacial score (nSPS) is 12.4. The highest BCUT2D eigenvalue weighted by molar-refractivity contribution is 7.99. The molecule has 0 bridgehead atoms. The van der Waals surface area contributed by atoms with Crippen molar-refractivity contribution in [2.75, 3.05) is 7.11 Å². The minimum absolute atomic E-state index is 0.190. The van der Waals surface area contributed by atoms with Crippen molar-refractivity contribution in [3.63, 3.8) is 0 Å². The zero-order chi connectivity index (χ0) is 12.7. The molecule has 0 aliphatic rings. The van der Waals surface area contributed by atoms with Crippen LogP contribution in [0, 0.1) is 0 Å². The first-order valence-corrected chi connectivity index (χ1v) is 6.70. The minimum Gasteiger partial charge on any atom is -0.469 e. The van der Waals surface area contributed by atoms with Gasteiger partial charge in [0.25, 0.3) is 0 Å². The lowest BCUT2D eigenvalue weighted by molar-refractivity contribution is -0.140. The van der Waals surface area contributed by atoms with Gasteiger partial charge in [-0.3, -0.25) is 4.79 Å². The van der Waals surface area contributed by atoms with Crippen LogP contribution in [-0.2, 0) is 21.7 Å². The second-order valence-corrected chi connectivity index (χ2v) is 5.18. The van der Waals surface area contributed by atoms with Crippen LogP contribution < -0.4 is 0 Å². The molecule has 1 heterocycles. The number of hydrogen-bond donors (Lipinski definition) is 0. The molecule has 0 fully saturated rings. The average Bonchev–Trinajstić information content (AvgIpc) is 2.74. The fourth-order valence-corrected chi connectivity index (χ4v) is 2.06. The Morgan fingerprint density at radius 1 is 1.59 bits per heavy atom. The summed E-state index contributed by atoms with van der Waals surface area (Å²) >= 11 is 1.62. The maximum absolute atomic E-state index is 11.0. The fraction of sp³-hybridized carbons (Fsp3) is 0.727. The minimum atomic E-state index is -0.190. The molecule has 1 aromatic heterocycles. The van der Waals surface area contributed by atoms with E-state index >= 15 is 0 Å². The van der Waals surface area contributed by atoms with Gasteiger partial charge in [-0.15, -0.1) is 11.8 Å². The summed E-state index contributed by atoms with van der Waals surface area (Å²) in [4.78, 5) is 15.3. The summed E-state index contributed by atoms with van der Waals surface area (Å²) in [6, 6.07) is 0. The molecular weight excluding hydrogens is 240 g/mol. The number of aromatic nitrogens is 2. The third kappa shape index (κ3) is 5.21. The van der Waals surface area contributed by atoms with Gasteiger partial charge in [-0.25, -0.2) is 0 Å². The third-order valence-corrected chi connectivity index (χ3v) is 3.31. The molecule has 17 heavy (non-hydrogen) atoms. The van der Waals surface area contributed by atoms with Crippen molar-refractivity contribution < 1.29 is 14.1 Å². The third-order valence-electron chi connectivity index (χ3n) is 2.15. The molecule has 0 N–H and O–H groups in total. The predicted octanol–water partition coefficient (Wildman–Crippen LogP) is 2.21. The topological polar surface area (TPSA) is 65.2 Å². The van der Waals surface area contributed by atoms with E-state index in [1.165, 1.54) is 7.11 Å². The molecule has 0 aliphatic heterocycles. The SMILES string of the molecule is CCCc1nc(CSC(C)CC(=O)OC)no1. The van der Waals surface area contributed by atoms with Crippen molar-refractivity contribution in [2.45, 2.75) is 44.1 Å². The van der Waals surface area contributed by atoms with Crippen LogP contribution in [0.25, 0.3) is 0 Å². The number of hydrogen-bond acceptors (Lipinski definition) is 6. The van der Waals surface area contributed by atoms with Crippen molar-refractivity contribution in [1.82, 2.24) is 10.1 Å². The smallest absolute Gasteiger partial charge is 0.306 e. The van der Waals surface area contributed by atoms with Crippen molar-refractivity contribution in [1.29, 1.82) is 0 Å². The van der Waals surface area contributed by atoms with Crippen LogP contribution in [0.1, 0.15) is 38.4 Å². The van der Waals surface area contributed by atoms with Crippen molar-refractivity contribution in [3.8, 4) is 0 Å². The number of rotatable bonds is 7. The highest BCUT2D eigenvalue weighted by atomic mass is 32.2. The Bertz CT molecular complexity index is 354. The maximum Gasteiger partial charge on any atom is 0.306 e. The van der Waals surface area contributed by atoms with Crippen LogP contribution in [0.2, 0.25) is 0 Å². The summed E-state index contributed by atoms with van der Waals surface area (Å²) in [6.07, 6.45) is 2.21. The van der Waals surface area contributed by atoms with Crippen LogP contribution in [0.15, 0.2) is 4.52 Å². The molecule has 1 unspecified atom stereocenters. The summed E-state index contributed by atoms with van der Waals surface area (Å²) in [5.41, 5.74) is 0. The molecular formula is C11H18N2O3S. The zero-order valence-electron chi connectivity index (χ0n) is 10.4. The van der Waals surface area contributed by atoms with E-state index in [1.807, 2.05) is 6.92 Å². The van der Waals surface area contributed by atoms with Gasteiger partial charge in [0.2, 0.25) is 5.89 Å². The average molecular weight is 258 g/mol. The zero-order valence-corrected chi connectivity index (χ0v) is 11.2. The summed E-state index contributed by atoms with van der Waals surface area (Å²) in [5, 5.41) is 4.07. The Kier molecular flexibility index (Phi) is 6.04. The van der Waals surface area contributed by atoms with E-state index in [4.69, 9.17) is 4.52 Å². The van der Waals surface area contributed by atoms with Gasteiger partial charge >= 0.3 is 5.97 Å². The lowest BCUT2D eigenvalue weighted by atomic mass is 10.3. The van der Waals surface area contributed by atoms with Crippen molar-refractivity contribution in [2.24, 2.45) is 0 Å². The van der Waals surface area contributed by atoms with Crippen molar-refractivity contribution >= 4 is 17.7 Å². The van der Waals surface area contributed by atoms with E-state index in [1.54, 1.807) is 11.8 Å². The van der Waals surface area contributed by atoms with Crippen LogP contribution in [0.5, 0.6) is 0 Å². The number of thioether (sulfide) groups is 1. The Morgan fingerprint density at radius 3 is 3.00 bits per heavy atom. The first-order chi connectivity index (χ1) is 8.15. The number of ether oxygens (including phenoxy) is 1. The molecule has 6 heteroatoms. The lowest BCUT2D eigenvalue weighted by Gasteiger charge is -2.07. The molecule has 1 rings (SSSR count). The van der Waals surface area contributed by atoms with Crippen LogP contribution in [0.3, 0.4) is 0 Å². The van der Waals surface area contributed by atoms with Crippen LogP contribution in [-0.4, -0.2) is 28.5 Å². The van der Waals surface area contributed by atoms with Gasteiger partial charge in [0.1, 0.15) is 0 Å². The Hall–Kier alpha value is -1.04. The standard InChI is InChI=1S/C11H18N2O3S/c1-4-5-10-12-9(13-16-10)7-17-8(2)6-11(14)15-3/h8H,4-7H2,1-3H3. The number of methoxy groups -OCH3 is 1. The number of aryl methyl sites for hydroxylation is 1. The Balaban J connectivity index is 2.31. The summed E-state index contributed by atoms with van der Waals surface area (Å²) in [5.74, 6) is 1.84. The number of carbonyl (C=O) groups is 1. The number of nitrogens with zero attached hydrogens (tertiary/aromatic N) is 2. The molecule has 0 radical (unpaired) electrons. The lowest BCUT2D eigenvalue weighted by Crippen LogP contribution is -2.08. The van der Waals surface area contributed by atoms with E-state index in [9.17, 15) is 4.79 Å². The molecule has 1 atom stereocenters. The molecule has 1 aromatic rings. The van der Waals surface area contributed by atoms with E-state index in [0.29, 0.717) is 23.9 Å². The molecule has 0 aromatic carbocycles. The molecule has 96 valence electrons. The first kappa shape index (κ1) is 14.0. The second kappa shape index (κ2) is 7.32.